The molecule has 1 atom stereocenters. The molecule has 0 bridgehead atoms. The smallest absolute Gasteiger partial charge is 0.207 e. The van der Waals surface area contributed by atoms with Crippen molar-refractivity contribution in [2.75, 3.05) is 7.05 Å². The highest BCUT2D eigenvalue weighted by molar-refractivity contribution is 6.01. The largest absolute Gasteiger partial charge is 0.438 e. The summed E-state index contributed by atoms with van der Waals surface area (Å²) >= 11 is 0. The normalized spacial score (nSPS) is 20.3. The molecule has 2 aromatic rings. The van der Waals surface area contributed by atoms with Crippen LogP contribution in [0.25, 0.3) is 11.1 Å². The quantitative estimate of drug-likeness (QED) is 0.529. The lowest BCUT2D eigenvalue weighted by atomic mass is 10.0. The minimum Gasteiger partial charge on any atom is -0.207 e. The van der Waals surface area contributed by atoms with Gasteiger partial charge in [0.05, 0.1) is 0 Å². The molecule has 1 aliphatic rings. The van der Waals surface area contributed by atoms with E-state index in [-0.39, 0.29) is 0 Å². The molecule has 0 fully saturated rings. The SMILES string of the molecule is Cc1ccc(-c2cc(F)ccc2[N+]2(C)C=CC(C(F)(F)F)=N2)cc1. The van der Waals surface area contributed by atoms with Crippen molar-refractivity contribution in [2.45, 2.75) is 13.1 Å². The van der Waals surface area contributed by atoms with Crippen LogP contribution in [0.2, 0.25) is 0 Å². The molecule has 1 unspecified atom stereocenters. The highest BCUT2D eigenvalue weighted by Gasteiger charge is 2.43. The average molecular weight is 335 g/mol. The topological polar surface area (TPSA) is 12.4 Å². The molecule has 0 saturated carbocycles. The predicted octanol–water partition coefficient (Wildman–Crippen LogP) is 5.18. The standard InChI is InChI=1S/C18H15F4N2/c1-12-3-5-13(6-4-12)15-11-14(19)7-8-16(15)24(2)10-9-17(23-24)18(20,21)22/h3-11H,1-2H3/q+1. The summed E-state index contributed by atoms with van der Waals surface area (Å²) in [7, 11) is 1.53. The predicted molar refractivity (Wildman–Crippen MR) is 86.9 cm³/mol. The van der Waals surface area contributed by atoms with E-state index in [2.05, 4.69) is 5.10 Å². The Hall–Kier alpha value is -2.47. The monoisotopic (exact) mass is 335 g/mol. The summed E-state index contributed by atoms with van der Waals surface area (Å²) in [4.78, 5) is 0. The maximum Gasteiger partial charge on any atom is 0.438 e. The molecule has 6 heteroatoms. The Bertz CT molecular complexity index is 835. The fourth-order valence-electron chi connectivity index (χ4n) is 2.66. The lowest BCUT2D eigenvalue weighted by molar-refractivity contribution is -0.0581. The Morgan fingerprint density at radius 1 is 1.00 bits per heavy atom. The first-order valence-corrected chi connectivity index (χ1v) is 7.29. The average Bonchev–Trinajstić information content (AvgIpc) is 2.91. The first kappa shape index (κ1) is 16.4. The van der Waals surface area contributed by atoms with Crippen LogP contribution in [0.3, 0.4) is 0 Å². The molecule has 0 saturated heterocycles. The van der Waals surface area contributed by atoms with Crippen molar-refractivity contribution < 1.29 is 17.6 Å². The van der Waals surface area contributed by atoms with Crippen LogP contribution in [0, 0.1) is 12.7 Å². The van der Waals surface area contributed by atoms with Gasteiger partial charge in [-0.3, -0.25) is 0 Å². The molecule has 124 valence electrons. The van der Waals surface area contributed by atoms with E-state index in [4.69, 9.17) is 0 Å². The first-order valence-electron chi connectivity index (χ1n) is 7.29. The molecular weight excluding hydrogens is 320 g/mol. The minimum atomic E-state index is -4.52. The van der Waals surface area contributed by atoms with Crippen LogP contribution in [0.1, 0.15) is 5.56 Å². The zero-order valence-electron chi connectivity index (χ0n) is 13.1. The van der Waals surface area contributed by atoms with E-state index in [0.29, 0.717) is 11.3 Å². The summed E-state index contributed by atoms with van der Waals surface area (Å²) in [5.41, 5.74) is 1.78. The number of aryl methyl sites for hydroxylation is 1. The van der Waals surface area contributed by atoms with Gasteiger partial charge in [-0.25, -0.2) is 4.39 Å². The van der Waals surface area contributed by atoms with Crippen LogP contribution in [0.4, 0.5) is 23.2 Å². The summed E-state index contributed by atoms with van der Waals surface area (Å²) < 4.78 is 52.0. The minimum absolute atomic E-state index is 0.418. The van der Waals surface area contributed by atoms with Crippen LogP contribution in [0.5, 0.6) is 0 Å². The van der Waals surface area contributed by atoms with Crippen LogP contribution >= 0.6 is 0 Å². The number of allylic oxidation sites excluding steroid dienone is 1. The van der Waals surface area contributed by atoms with Gasteiger partial charge in [-0.05, 0) is 24.6 Å². The van der Waals surface area contributed by atoms with E-state index >= 15 is 0 Å². The molecule has 0 radical (unpaired) electrons. The van der Waals surface area contributed by atoms with Gasteiger partial charge < -0.3 is 0 Å². The second-order valence-corrected chi connectivity index (χ2v) is 5.85. The fourth-order valence-corrected chi connectivity index (χ4v) is 2.66. The van der Waals surface area contributed by atoms with Crippen LogP contribution in [-0.4, -0.2) is 18.9 Å². The van der Waals surface area contributed by atoms with Gasteiger partial charge in [0.25, 0.3) is 0 Å². The van der Waals surface area contributed by atoms with Crippen LogP contribution in [-0.2, 0) is 0 Å². The molecule has 3 rings (SSSR count). The number of hydrogen-bond acceptors (Lipinski definition) is 1. The van der Waals surface area contributed by atoms with Crippen molar-refractivity contribution in [3.63, 3.8) is 0 Å². The molecule has 2 aromatic carbocycles. The third-order valence-electron chi connectivity index (χ3n) is 3.94. The zero-order chi connectivity index (χ0) is 17.5. The van der Waals surface area contributed by atoms with Gasteiger partial charge in [0, 0.05) is 17.7 Å². The second-order valence-electron chi connectivity index (χ2n) is 5.85. The Labute approximate surface area is 136 Å². The van der Waals surface area contributed by atoms with Crippen molar-refractivity contribution in [3.05, 3.63) is 66.1 Å². The molecule has 0 aromatic heterocycles. The number of alkyl halides is 3. The Morgan fingerprint density at radius 2 is 1.67 bits per heavy atom. The Kier molecular flexibility index (Phi) is 3.80. The van der Waals surface area contributed by atoms with Crippen molar-refractivity contribution >= 4 is 11.4 Å². The number of quaternary nitrogens is 1. The molecule has 1 heterocycles. The molecule has 0 aliphatic carbocycles. The third kappa shape index (κ3) is 2.97. The molecule has 0 N–H and O–H groups in total. The third-order valence-corrected chi connectivity index (χ3v) is 3.94. The van der Waals surface area contributed by atoms with Crippen molar-refractivity contribution in [1.82, 2.24) is 4.59 Å². The maximum absolute atomic E-state index is 13.7. The number of rotatable bonds is 2. The highest BCUT2D eigenvalue weighted by Crippen LogP contribution is 2.38. The number of nitrogens with zero attached hydrogens (tertiary/aromatic N) is 2. The molecular formula is C18H15F4N2+. The van der Waals surface area contributed by atoms with Crippen molar-refractivity contribution in [3.8, 4) is 11.1 Å². The van der Waals surface area contributed by atoms with E-state index in [1.807, 2.05) is 31.2 Å². The van der Waals surface area contributed by atoms with Gasteiger partial charge in [-0.2, -0.15) is 13.2 Å². The molecule has 0 spiro atoms. The number of hydrogen-bond donors (Lipinski definition) is 0. The van der Waals surface area contributed by atoms with E-state index < -0.39 is 22.3 Å². The summed E-state index contributed by atoms with van der Waals surface area (Å²) in [5.74, 6) is -0.455. The lowest BCUT2D eigenvalue weighted by Gasteiger charge is -2.23. The Balaban J connectivity index is 2.15. The van der Waals surface area contributed by atoms with Crippen LogP contribution < -0.4 is 4.59 Å². The van der Waals surface area contributed by atoms with Crippen molar-refractivity contribution in [2.24, 2.45) is 5.10 Å². The lowest BCUT2D eigenvalue weighted by Crippen LogP contribution is -2.32. The van der Waals surface area contributed by atoms with E-state index in [0.717, 1.165) is 17.2 Å². The van der Waals surface area contributed by atoms with Crippen LogP contribution in [0.15, 0.2) is 59.8 Å². The van der Waals surface area contributed by atoms with Gasteiger partial charge in [0.15, 0.2) is 5.69 Å². The van der Waals surface area contributed by atoms with Gasteiger partial charge in [0.2, 0.25) is 5.71 Å². The van der Waals surface area contributed by atoms with E-state index in [9.17, 15) is 17.6 Å². The summed E-state index contributed by atoms with van der Waals surface area (Å²) in [6.07, 6.45) is -2.23. The van der Waals surface area contributed by atoms with Gasteiger partial charge >= 0.3 is 6.18 Å². The molecule has 2 nitrogen and oxygen atoms in total. The number of halogens is 4. The van der Waals surface area contributed by atoms with E-state index in [1.165, 1.54) is 31.4 Å². The maximum atomic E-state index is 13.7. The first-order chi connectivity index (χ1) is 11.2. The van der Waals surface area contributed by atoms with Crippen molar-refractivity contribution in [1.29, 1.82) is 0 Å². The van der Waals surface area contributed by atoms with E-state index in [1.54, 1.807) is 0 Å². The molecule has 1 aliphatic heterocycles. The summed E-state index contributed by atoms with van der Waals surface area (Å²) in [5, 5.41) is 3.79. The Morgan fingerprint density at radius 3 is 2.25 bits per heavy atom. The molecule has 0 amide bonds. The number of benzene rings is 2. The molecule has 24 heavy (non-hydrogen) atoms. The summed E-state index contributed by atoms with van der Waals surface area (Å²) in [6.45, 7) is 1.92. The summed E-state index contributed by atoms with van der Waals surface area (Å²) in [6, 6.07) is 11.4. The van der Waals surface area contributed by atoms with Gasteiger partial charge in [0.1, 0.15) is 19.1 Å². The van der Waals surface area contributed by atoms with Gasteiger partial charge in [-0.15, -0.1) is 4.59 Å². The van der Waals surface area contributed by atoms with Gasteiger partial charge in [-0.1, -0.05) is 34.9 Å². The fraction of sp³-hybridized carbons (Fsp3) is 0.167. The second kappa shape index (κ2) is 5.56. The highest BCUT2D eigenvalue weighted by atomic mass is 19.4. The zero-order valence-corrected chi connectivity index (χ0v) is 13.1.